The maximum absolute atomic E-state index is 3.65. The van der Waals surface area contributed by atoms with Crippen LogP contribution in [0.5, 0.6) is 0 Å². The standard InChI is InChI=1S/C18H36N2/c1-4-11-19-14-18(3,5-2)15-20-12-10-16-8-6-7-9-17(16)13-20/h16-17,19H,4-15H2,1-3H3. The molecular weight excluding hydrogens is 244 g/mol. The number of nitrogens with zero attached hydrogens (tertiary/aromatic N) is 1. The molecule has 1 aliphatic heterocycles. The Hall–Kier alpha value is -0.0800. The second-order valence-corrected chi connectivity index (χ2v) is 7.67. The van der Waals surface area contributed by atoms with E-state index in [4.69, 9.17) is 0 Å². The molecule has 0 aromatic rings. The molecule has 20 heavy (non-hydrogen) atoms. The molecule has 0 amide bonds. The van der Waals surface area contributed by atoms with Gasteiger partial charge in [-0.3, -0.25) is 0 Å². The van der Waals surface area contributed by atoms with Crippen LogP contribution < -0.4 is 5.32 Å². The van der Waals surface area contributed by atoms with Crippen LogP contribution in [-0.4, -0.2) is 37.6 Å². The number of piperidine rings is 1. The van der Waals surface area contributed by atoms with E-state index in [1.54, 1.807) is 0 Å². The molecule has 2 rings (SSSR count). The summed E-state index contributed by atoms with van der Waals surface area (Å²) in [5.74, 6) is 2.08. The highest BCUT2D eigenvalue weighted by Crippen LogP contribution is 2.37. The van der Waals surface area contributed by atoms with Gasteiger partial charge in [0.05, 0.1) is 0 Å². The Balaban J connectivity index is 1.81. The maximum Gasteiger partial charge on any atom is 0.00475 e. The minimum atomic E-state index is 0.455. The fourth-order valence-corrected chi connectivity index (χ4v) is 4.22. The van der Waals surface area contributed by atoms with Gasteiger partial charge >= 0.3 is 0 Å². The first-order valence-electron chi connectivity index (χ1n) is 9.10. The summed E-state index contributed by atoms with van der Waals surface area (Å²) < 4.78 is 0. The van der Waals surface area contributed by atoms with E-state index in [-0.39, 0.29) is 0 Å². The van der Waals surface area contributed by atoms with E-state index in [9.17, 15) is 0 Å². The van der Waals surface area contributed by atoms with Gasteiger partial charge in [0.2, 0.25) is 0 Å². The first-order valence-corrected chi connectivity index (χ1v) is 9.10. The lowest BCUT2D eigenvalue weighted by Gasteiger charge is -2.44. The van der Waals surface area contributed by atoms with Crippen LogP contribution >= 0.6 is 0 Å². The predicted molar refractivity (Wildman–Crippen MR) is 88.1 cm³/mol. The monoisotopic (exact) mass is 280 g/mol. The summed E-state index contributed by atoms with van der Waals surface area (Å²) in [5.41, 5.74) is 0.455. The Labute approximate surface area is 126 Å². The second-order valence-electron chi connectivity index (χ2n) is 7.67. The normalized spacial score (nSPS) is 30.8. The van der Waals surface area contributed by atoms with Gasteiger partial charge in [0.15, 0.2) is 0 Å². The van der Waals surface area contributed by atoms with Gasteiger partial charge in [-0.25, -0.2) is 0 Å². The number of hydrogen-bond acceptors (Lipinski definition) is 2. The van der Waals surface area contributed by atoms with Crippen LogP contribution in [0, 0.1) is 17.3 Å². The molecule has 0 spiro atoms. The van der Waals surface area contributed by atoms with E-state index in [0.717, 1.165) is 11.8 Å². The summed E-state index contributed by atoms with van der Waals surface area (Å²) in [5, 5.41) is 3.65. The van der Waals surface area contributed by atoms with Crippen molar-refractivity contribution in [1.29, 1.82) is 0 Å². The smallest absolute Gasteiger partial charge is 0.00475 e. The molecule has 2 nitrogen and oxygen atoms in total. The van der Waals surface area contributed by atoms with Crippen LogP contribution in [0.2, 0.25) is 0 Å². The number of nitrogens with one attached hydrogen (secondary N) is 1. The molecule has 1 N–H and O–H groups in total. The van der Waals surface area contributed by atoms with E-state index in [1.165, 1.54) is 77.7 Å². The minimum Gasteiger partial charge on any atom is -0.316 e. The van der Waals surface area contributed by atoms with E-state index in [1.807, 2.05) is 0 Å². The van der Waals surface area contributed by atoms with Gasteiger partial charge in [-0.15, -0.1) is 0 Å². The van der Waals surface area contributed by atoms with Crippen LogP contribution in [-0.2, 0) is 0 Å². The molecule has 2 heteroatoms. The van der Waals surface area contributed by atoms with Gasteiger partial charge in [0, 0.05) is 19.6 Å². The molecule has 0 radical (unpaired) electrons. The van der Waals surface area contributed by atoms with E-state index < -0.39 is 0 Å². The summed E-state index contributed by atoms with van der Waals surface area (Å²) in [6.07, 6.45) is 9.99. The minimum absolute atomic E-state index is 0.455. The van der Waals surface area contributed by atoms with Crippen molar-refractivity contribution in [3.05, 3.63) is 0 Å². The van der Waals surface area contributed by atoms with Gasteiger partial charge < -0.3 is 10.2 Å². The zero-order valence-electron chi connectivity index (χ0n) is 14.1. The fraction of sp³-hybridized carbons (Fsp3) is 1.00. The third-order valence-electron chi connectivity index (χ3n) is 5.81. The molecule has 1 heterocycles. The quantitative estimate of drug-likeness (QED) is 0.711. The van der Waals surface area contributed by atoms with Crippen LogP contribution in [0.15, 0.2) is 0 Å². The largest absolute Gasteiger partial charge is 0.316 e. The van der Waals surface area contributed by atoms with Gasteiger partial charge in [-0.1, -0.05) is 40.0 Å². The predicted octanol–water partition coefficient (Wildman–Crippen LogP) is 3.91. The SMILES string of the molecule is CCCNCC(C)(CC)CN1CCC2CCCCC2C1. The van der Waals surface area contributed by atoms with Crippen molar-refractivity contribution in [1.82, 2.24) is 10.2 Å². The lowest BCUT2D eigenvalue weighted by Crippen LogP contribution is -2.48. The van der Waals surface area contributed by atoms with Crippen molar-refractivity contribution in [3.63, 3.8) is 0 Å². The van der Waals surface area contributed by atoms with Crippen molar-refractivity contribution in [2.45, 2.75) is 65.7 Å². The topological polar surface area (TPSA) is 15.3 Å². The number of rotatable bonds is 7. The molecule has 0 aromatic carbocycles. The van der Waals surface area contributed by atoms with Crippen molar-refractivity contribution in [2.24, 2.45) is 17.3 Å². The molecule has 2 aliphatic rings. The number of fused-ring (bicyclic) bond motifs is 1. The summed E-state index contributed by atoms with van der Waals surface area (Å²) in [6.45, 7) is 13.5. The van der Waals surface area contributed by atoms with Crippen LogP contribution in [0.25, 0.3) is 0 Å². The zero-order chi connectivity index (χ0) is 14.4. The third-order valence-corrected chi connectivity index (χ3v) is 5.81. The van der Waals surface area contributed by atoms with Crippen molar-refractivity contribution >= 4 is 0 Å². The molecule has 3 atom stereocenters. The van der Waals surface area contributed by atoms with Crippen molar-refractivity contribution in [3.8, 4) is 0 Å². The highest BCUT2D eigenvalue weighted by Gasteiger charge is 2.33. The van der Waals surface area contributed by atoms with Crippen LogP contribution in [0.3, 0.4) is 0 Å². The highest BCUT2D eigenvalue weighted by molar-refractivity contribution is 4.87. The van der Waals surface area contributed by atoms with Crippen LogP contribution in [0.1, 0.15) is 65.7 Å². The Morgan fingerprint density at radius 1 is 1.10 bits per heavy atom. The lowest BCUT2D eigenvalue weighted by atomic mass is 9.74. The first kappa shape index (κ1) is 16.3. The molecule has 3 unspecified atom stereocenters. The lowest BCUT2D eigenvalue weighted by molar-refractivity contribution is 0.0546. The summed E-state index contributed by atoms with van der Waals surface area (Å²) in [6, 6.07) is 0. The molecule has 2 fully saturated rings. The van der Waals surface area contributed by atoms with Gasteiger partial charge in [0.1, 0.15) is 0 Å². The average Bonchev–Trinajstić information content (AvgIpc) is 2.47. The zero-order valence-corrected chi connectivity index (χ0v) is 14.1. The van der Waals surface area contributed by atoms with Crippen molar-refractivity contribution in [2.75, 3.05) is 32.7 Å². The Morgan fingerprint density at radius 3 is 2.55 bits per heavy atom. The maximum atomic E-state index is 3.65. The Morgan fingerprint density at radius 2 is 1.85 bits per heavy atom. The molecular formula is C18H36N2. The fourth-order valence-electron chi connectivity index (χ4n) is 4.22. The summed E-state index contributed by atoms with van der Waals surface area (Å²) in [4.78, 5) is 2.78. The third kappa shape index (κ3) is 4.46. The molecule has 1 aliphatic carbocycles. The van der Waals surface area contributed by atoms with Gasteiger partial charge in [0.25, 0.3) is 0 Å². The number of hydrogen-bond donors (Lipinski definition) is 1. The van der Waals surface area contributed by atoms with E-state index >= 15 is 0 Å². The van der Waals surface area contributed by atoms with Crippen LogP contribution in [0.4, 0.5) is 0 Å². The Bertz CT molecular complexity index is 279. The second kappa shape index (κ2) is 7.79. The van der Waals surface area contributed by atoms with Gasteiger partial charge in [-0.05, 0) is 56.0 Å². The van der Waals surface area contributed by atoms with E-state index in [2.05, 4.69) is 31.0 Å². The van der Waals surface area contributed by atoms with E-state index in [0.29, 0.717) is 5.41 Å². The van der Waals surface area contributed by atoms with Gasteiger partial charge in [-0.2, -0.15) is 0 Å². The average molecular weight is 280 g/mol. The molecule has 0 aromatic heterocycles. The molecule has 1 saturated carbocycles. The molecule has 118 valence electrons. The molecule has 0 bridgehead atoms. The van der Waals surface area contributed by atoms with Crippen molar-refractivity contribution < 1.29 is 0 Å². The Kier molecular flexibility index (Phi) is 6.35. The number of likely N-dealkylation sites (tertiary alicyclic amines) is 1. The summed E-state index contributed by atoms with van der Waals surface area (Å²) in [7, 11) is 0. The highest BCUT2D eigenvalue weighted by atomic mass is 15.1. The summed E-state index contributed by atoms with van der Waals surface area (Å²) >= 11 is 0. The first-order chi connectivity index (χ1) is 9.67. The molecule has 1 saturated heterocycles.